The van der Waals surface area contributed by atoms with Gasteiger partial charge in [0.15, 0.2) is 5.65 Å². The summed E-state index contributed by atoms with van der Waals surface area (Å²) in [5.41, 5.74) is 0.579. The van der Waals surface area contributed by atoms with E-state index < -0.39 is 0 Å². The van der Waals surface area contributed by atoms with Crippen molar-refractivity contribution in [2.24, 2.45) is 7.05 Å². The van der Waals surface area contributed by atoms with E-state index in [9.17, 15) is 9.59 Å². The predicted molar refractivity (Wildman–Crippen MR) is 101 cm³/mol. The van der Waals surface area contributed by atoms with Crippen molar-refractivity contribution in [2.45, 2.75) is 6.54 Å². The third-order valence-electron chi connectivity index (χ3n) is 3.64. The van der Waals surface area contributed by atoms with Crippen molar-refractivity contribution in [3.05, 3.63) is 39.6 Å². The fourth-order valence-corrected chi connectivity index (χ4v) is 2.96. The van der Waals surface area contributed by atoms with Gasteiger partial charge in [-0.1, -0.05) is 0 Å². The van der Waals surface area contributed by atoms with Crippen LogP contribution in [-0.2, 0) is 23.1 Å². The quantitative estimate of drug-likeness (QED) is 0.548. The maximum Gasteiger partial charge on any atom is 0.266 e. The lowest BCUT2D eigenvalue weighted by atomic mass is 10.4. The van der Waals surface area contributed by atoms with E-state index in [2.05, 4.69) is 36.3 Å². The maximum absolute atomic E-state index is 12.5. The Labute approximate surface area is 162 Å². The van der Waals surface area contributed by atoms with E-state index in [1.165, 1.54) is 21.8 Å². The summed E-state index contributed by atoms with van der Waals surface area (Å²) in [6.45, 7) is 0.660. The molecule has 1 amide bonds. The lowest BCUT2D eigenvalue weighted by Gasteiger charge is -2.08. The molecule has 3 aromatic heterocycles. The summed E-state index contributed by atoms with van der Waals surface area (Å²) in [6, 6.07) is 3.30. The molecule has 3 rings (SSSR count). The maximum atomic E-state index is 12.5. The molecule has 0 saturated carbocycles. The molecule has 0 aliphatic carbocycles. The van der Waals surface area contributed by atoms with Gasteiger partial charge in [-0.25, -0.2) is 14.6 Å². The Bertz CT molecular complexity index is 1010. The lowest BCUT2D eigenvalue weighted by molar-refractivity contribution is -0.116. The monoisotopic (exact) mass is 436 g/mol. The van der Waals surface area contributed by atoms with Crippen LogP contribution < -0.4 is 15.6 Å². The number of anilines is 1. The van der Waals surface area contributed by atoms with Crippen LogP contribution in [0, 0.1) is 0 Å². The number of aromatic nitrogens is 5. The van der Waals surface area contributed by atoms with Crippen molar-refractivity contribution in [3.63, 3.8) is 0 Å². The van der Waals surface area contributed by atoms with Crippen LogP contribution in [0.2, 0.25) is 0 Å². The van der Waals surface area contributed by atoms with Crippen LogP contribution in [0.5, 0.6) is 5.88 Å². The third kappa shape index (κ3) is 4.31. The summed E-state index contributed by atoms with van der Waals surface area (Å²) in [5.74, 6) is 0.0467. The smallest absolute Gasteiger partial charge is 0.266 e. The standard InChI is InChI=1S/C16H17BrN6O4/c1-22-15-13(14(17)21-22)16(25)23(9-19-15)8-11(24)20-10-3-4-12(18-7-10)27-6-5-26-2/h3-4,7,9H,5-6,8H2,1-2H3,(H,20,24). The number of carbonyl (C=O) groups excluding carboxylic acids is 1. The van der Waals surface area contributed by atoms with E-state index in [1.807, 2.05) is 0 Å². The van der Waals surface area contributed by atoms with E-state index in [0.29, 0.717) is 40.4 Å². The van der Waals surface area contributed by atoms with Gasteiger partial charge in [0.05, 0.1) is 18.5 Å². The molecule has 0 saturated heterocycles. The number of ether oxygens (including phenoxy) is 2. The fraction of sp³-hybridized carbons (Fsp3) is 0.312. The van der Waals surface area contributed by atoms with Crippen LogP contribution in [-0.4, -0.2) is 50.5 Å². The average Bonchev–Trinajstić information content (AvgIpc) is 2.93. The van der Waals surface area contributed by atoms with Gasteiger partial charge in [0.1, 0.15) is 29.5 Å². The van der Waals surface area contributed by atoms with Crippen molar-refractivity contribution >= 4 is 38.6 Å². The number of rotatable bonds is 7. The van der Waals surface area contributed by atoms with E-state index in [0.717, 1.165) is 0 Å². The molecule has 0 bridgehead atoms. The minimum Gasteiger partial charge on any atom is -0.475 e. The second-order valence-corrected chi connectivity index (χ2v) is 6.32. The molecule has 0 atom stereocenters. The average molecular weight is 437 g/mol. The van der Waals surface area contributed by atoms with Gasteiger partial charge in [0.2, 0.25) is 11.8 Å². The topological polar surface area (TPSA) is 113 Å². The number of nitrogens with one attached hydrogen (secondary N) is 1. The highest BCUT2D eigenvalue weighted by atomic mass is 79.9. The summed E-state index contributed by atoms with van der Waals surface area (Å²) in [5, 5.41) is 7.11. The number of pyridine rings is 1. The van der Waals surface area contributed by atoms with E-state index in [-0.39, 0.29) is 18.0 Å². The van der Waals surface area contributed by atoms with Crippen molar-refractivity contribution in [1.29, 1.82) is 0 Å². The highest BCUT2D eigenvalue weighted by molar-refractivity contribution is 9.10. The predicted octanol–water partition coefficient (Wildman–Crippen LogP) is 0.951. The van der Waals surface area contributed by atoms with Crippen LogP contribution in [0.1, 0.15) is 0 Å². The van der Waals surface area contributed by atoms with Crippen LogP contribution in [0.25, 0.3) is 11.0 Å². The van der Waals surface area contributed by atoms with Gasteiger partial charge in [-0.2, -0.15) is 5.10 Å². The SMILES string of the molecule is COCCOc1ccc(NC(=O)Cn2cnc3c(c(Br)nn3C)c2=O)cn1. The normalized spacial score (nSPS) is 10.9. The van der Waals surface area contributed by atoms with Gasteiger partial charge >= 0.3 is 0 Å². The zero-order chi connectivity index (χ0) is 19.4. The zero-order valence-electron chi connectivity index (χ0n) is 14.7. The first kappa shape index (κ1) is 19.0. The van der Waals surface area contributed by atoms with E-state index in [1.54, 1.807) is 26.3 Å². The van der Waals surface area contributed by atoms with Crippen LogP contribution >= 0.6 is 15.9 Å². The number of amides is 1. The van der Waals surface area contributed by atoms with Crippen LogP contribution in [0.3, 0.4) is 0 Å². The summed E-state index contributed by atoms with van der Waals surface area (Å²) >= 11 is 3.24. The Balaban J connectivity index is 1.67. The van der Waals surface area contributed by atoms with Gasteiger partial charge in [-0.05, 0) is 22.0 Å². The second kappa shape index (κ2) is 8.27. The van der Waals surface area contributed by atoms with Gasteiger partial charge < -0.3 is 14.8 Å². The van der Waals surface area contributed by atoms with Crippen molar-refractivity contribution < 1.29 is 14.3 Å². The molecule has 27 heavy (non-hydrogen) atoms. The molecule has 0 spiro atoms. The second-order valence-electron chi connectivity index (χ2n) is 5.57. The summed E-state index contributed by atoms with van der Waals surface area (Å²) < 4.78 is 13.4. The minimum atomic E-state index is -0.381. The number of hydrogen-bond donors (Lipinski definition) is 1. The number of carbonyl (C=O) groups is 1. The Hall–Kier alpha value is -2.79. The highest BCUT2D eigenvalue weighted by Gasteiger charge is 2.15. The van der Waals surface area contributed by atoms with Gasteiger partial charge in [-0.15, -0.1) is 0 Å². The fourth-order valence-electron chi connectivity index (χ4n) is 2.37. The minimum absolute atomic E-state index is 0.185. The molecular formula is C16H17BrN6O4. The zero-order valence-corrected chi connectivity index (χ0v) is 16.3. The number of nitrogens with zero attached hydrogens (tertiary/aromatic N) is 5. The Morgan fingerprint density at radius 1 is 1.30 bits per heavy atom. The Kier molecular flexibility index (Phi) is 5.81. The summed E-state index contributed by atoms with van der Waals surface area (Å²) in [6.07, 6.45) is 2.80. The van der Waals surface area contributed by atoms with Crippen LogP contribution in [0.4, 0.5) is 5.69 Å². The molecule has 0 fully saturated rings. The number of hydrogen-bond acceptors (Lipinski definition) is 7. The molecule has 10 nitrogen and oxygen atoms in total. The number of fused-ring (bicyclic) bond motifs is 1. The molecule has 0 radical (unpaired) electrons. The highest BCUT2D eigenvalue weighted by Crippen LogP contribution is 2.16. The molecule has 0 aliphatic rings. The molecule has 0 unspecified atom stereocenters. The first-order valence-corrected chi connectivity index (χ1v) is 8.74. The van der Waals surface area contributed by atoms with Gasteiger partial charge in [-0.3, -0.25) is 14.2 Å². The molecule has 142 valence electrons. The molecule has 0 aliphatic heterocycles. The summed E-state index contributed by atoms with van der Waals surface area (Å²) in [7, 11) is 3.27. The molecule has 1 N–H and O–H groups in total. The first-order valence-electron chi connectivity index (χ1n) is 7.95. The Morgan fingerprint density at radius 3 is 2.81 bits per heavy atom. The van der Waals surface area contributed by atoms with Crippen molar-refractivity contribution in [3.8, 4) is 5.88 Å². The van der Waals surface area contributed by atoms with Gasteiger partial charge in [0, 0.05) is 20.2 Å². The molecule has 11 heteroatoms. The molecule has 3 heterocycles. The molecular weight excluding hydrogens is 420 g/mol. The molecule has 0 aromatic carbocycles. The lowest BCUT2D eigenvalue weighted by Crippen LogP contribution is -2.28. The Morgan fingerprint density at radius 2 is 2.11 bits per heavy atom. The van der Waals surface area contributed by atoms with Crippen molar-refractivity contribution in [2.75, 3.05) is 25.6 Å². The van der Waals surface area contributed by atoms with Crippen LogP contribution in [0.15, 0.2) is 34.1 Å². The molecule has 3 aromatic rings. The largest absolute Gasteiger partial charge is 0.475 e. The van der Waals surface area contributed by atoms with Crippen molar-refractivity contribution in [1.82, 2.24) is 24.3 Å². The number of halogens is 1. The third-order valence-corrected chi connectivity index (χ3v) is 4.19. The van der Waals surface area contributed by atoms with E-state index in [4.69, 9.17) is 9.47 Å². The first-order chi connectivity index (χ1) is 13.0. The number of aryl methyl sites for hydroxylation is 1. The van der Waals surface area contributed by atoms with Gasteiger partial charge in [0.25, 0.3) is 5.56 Å². The van der Waals surface area contributed by atoms with E-state index >= 15 is 0 Å². The number of methoxy groups -OCH3 is 1. The summed E-state index contributed by atoms with van der Waals surface area (Å²) in [4.78, 5) is 33.1.